The van der Waals surface area contributed by atoms with Crippen LogP contribution in [0.4, 0.5) is 5.69 Å². The van der Waals surface area contributed by atoms with Gasteiger partial charge in [0.15, 0.2) is 5.69 Å². The summed E-state index contributed by atoms with van der Waals surface area (Å²) in [6.07, 6.45) is -0.745. The molecule has 0 saturated carbocycles. The fourth-order valence-electron chi connectivity index (χ4n) is 3.38. The molecule has 0 unspecified atom stereocenters. The Bertz CT molecular complexity index is 1110. The fraction of sp³-hybridized carbons (Fsp3) is 0.273. The molecule has 7 nitrogen and oxygen atoms in total. The van der Waals surface area contributed by atoms with Gasteiger partial charge < -0.3 is 9.47 Å². The number of nitrogens with zero attached hydrogens (tertiary/aromatic N) is 4. The minimum atomic E-state index is -0.745. The molecule has 0 bridgehead atoms. The number of thioether (sulfide) groups is 1. The van der Waals surface area contributed by atoms with E-state index in [1.165, 1.54) is 18.7 Å². The number of hydrogen-bond donors (Lipinski definition) is 0. The molecule has 4 rings (SSSR count). The molecule has 1 aliphatic heterocycles. The quantitative estimate of drug-likeness (QED) is 0.491. The second-order valence-corrected chi connectivity index (χ2v) is 8.37. The second kappa shape index (κ2) is 9.11. The zero-order valence-corrected chi connectivity index (χ0v) is 18.9. The number of halogens is 1. The lowest BCUT2D eigenvalue weighted by Crippen LogP contribution is -2.36. The standard InChI is InChI=1S/C22H21ClN4O3S/c1-4-29-16-9-6-14(7-10-16)21-27(13(3)28)18-11-8-15(23)12-17(18)19-20(30-21)24-22(26-25-19)31-5-2/h6-12,21H,4-5H2,1-3H3/t21-/m0/s1. The lowest BCUT2D eigenvalue weighted by atomic mass is 10.1. The van der Waals surface area contributed by atoms with E-state index in [2.05, 4.69) is 15.2 Å². The van der Waals surface area contributed by atoms with E-state index in [-0.39, 0.29) is 5.91 Å². The maximum absolute atomic E-state index is 12.8. The first kappa shape index (κ1) is 21.4. The first-order valence-electron chi connectivity index (χ1n) is 9.88. The van der Waals surface area contributed by atoms with Crippen molar-refractivity contribution in [2.75, 3.05) is 17.3 Å². The summed E-state index contributed by atoms with van der Waals surface area (Å²) in [5, 5.41) is 9.60. The molecule has 0 saturated heterocycles. The van der Waals surface area contributed by atoms with E-state index < -0.39 is 6.23 Å². The molecule has 0 radical (unpaired) electrons. The van der Waals surface area contributed by atoms with Crippen LogP contribution in [0.1, 0.15) is 32.6 Å². The third-order valence-corrected chi connectivity index (χ3v) is 5.61. The van der Waals surface area contributed by atoms with Gasteiger partial charge in [-0.3, -0.25) is 9.69 Å². The summed E-state index contributed by atoms with van der Waals surface area (Å²) in [5.74, 6) is 1.65. The van der Waals surface area contributed by atoms with Crippen LogP contribution in [-0.2, 0) is 4.79 Å². The van der Waals surface area contributed by atoms with Crippen LogP contribution in [-0.4, -0.2) is 33.4 Å². The predicted octanol–water partition coefficient (Wildman–Crippen LogP) is 5.15. The molecule has 1 aromatic heterocycles. The predicted molar refractivity (Wildman–Crippen MR) is 121 cm³/mol. The third kappa shape index (κ3) is 4.31. The highest BCUT2D eigenvalue weighted by Gasteiger charge is 2.34. The highest BCUT2D eigenvalue weighted by molar-refractivity contribution is 7.99. The number of anilines is 1. The Morgan fingerprint density at radius 2 is 1.97 bits per heavy atom. The number of fused-ring (bicyclic) bond motifs is 3. The summed E-state index contributed by atoms with van der Waals surface area (Å²) < 4.78 is 11.9. The Labute approximate surface area is 189 Å². The summed E-state index contributed by atoms with van der Waals surface area (Å²) in [4.78, 5) is 19.0. The van der Waals surface area contributed by atoms with Gasteiger partial charge in [0.25, 0.3) is 0 Å². The van der Waals surface area contributed by atoms with Crippen molar-refractivity contribution in [3.8, 4) is 22.9 Å². The smallest absolute Gasteiger partial charge is 0.247 e. The van der Waals surface area contributed by atoms with Gasteiger partial charge in [0.1, 0.15) is 5.75 Å². The molecule has 1 aliphatic rings. The molecule has 0 spiro atoms. The second-order valence-electron chi connectivity index (χ2n) is 6.70. The van der Waals surface area contributed by atoms with Gasteiger partial charge in [-0.1, -0.05) is 30.3 Å². The Balaban J connectivity index is 1.90. The first-order valence-corrected chi connectivity index (χ1v) is 11.2. The largest absolute Gasteiger partial charge is 0.494 e. The van der Waals surface area contributed by atoms with Crippen LogP contribution in [0.2, 0.25) is 5.02 Å². The zero-order valence-electron chi connectivity index (χ0n) is 17.3. The van der Waals surface area contributed by atoms with Crippen molar-refractivity contribution in [2.24, 2.45) is 0 Å². The molecule has 0 aliphatic carbocycles. The van der Waals surface area contributed by atoms with Crippen LogP contribution in [0.3, 0.4) is 0 Å². The Hall–Kier alpha value is -2.84. The molecular formula is C22H21ClN4O3S. The van der Waals surface area contributed by atoms with E-state index in [9.17, 15) is 4.79 Å². The average Bonchev–Trinajstić information content (AvgIpc) is 2.89. The van der Waals surface area contributed by atoms with E-state index in [0.29, 0.717) is 39.6 Å². The van der Waals surface area contributed by atoms with Crippen molar-refractivity contribution in [2.45, 2.75) is 32.2 Å². The fourth-order valence-corrected chi connectivity index (χ4v) is 4.06. The van der Waals surface area contributed by atoms with Gasteiger partial charge in [-0.2, -0.15) is 4.98 Å². The molecule has 2 aromatic carbocycles. The van der Waals surface area contributed by atoms with Gasteiger partial charge in [0.2, 0.25) is 23.2 Å². The van der Waals surface area contributed by atoms with Crippen LogP contribution in [0.25, 0.3) is 11.3 Å². The minimum absolute atomic E-state index is 0.189. The van der Waals surface area contributed by atoms with Gasteiger partial charge in [-0.25, -0.2) is 0 Å². The molecule has 160 valence electrons. The van der Waals surface area contributed by atoms with Gasteiger partial charge >= 0.3 is 0 Å². The Morgan fingerprint density at radius 3 is 2.65 bits per heavy atom. The van der Waals surface area contributed by atoms with Crippen molar-refractivity contribution in [1.82, 2.24) is 15.2 Å². The summed E-state index contributed by atoms with van der Waals surface area (Å²) in [6, 6.07) is 12.7. The molecule has 31 heavy (non-hydrogen) atoms. The molecule has 0 N–H and O–H groups in total. The van der Waals surface area contributed by atoms with E-state index in [4.69, 9.17) is 21.1 Å². The van der Waals surface area contributed by atoms with Crippen LogP contribution in [0.15, 0.2) is 47.6 Å². The lowest BCUT2D eigenvalue weighted by molar-refractivity contribution is -0.118. The molecule has 9 heteroatoms. The van der Waals surface area contributed by atoms with Gasteiger partial charge in [0, 0.05) is 23.1 Å². The van der Waals surface area contributed by atoms with E-state index >= 15 is 0 Å². The number of carbonyl (C=O) groups is 1. The number of amides is 1. The Kier molecular flexibility index (Phi) is 6.29. The van der Waals surface area contributed by atoms with Crippen molar-refractivity contribution in [1.29, 1.82) is 0 Å². The van der Waals surface area contributed by atoms with Crippen molar-refractivity contribution in [3.63, 3.8) is 0 Å². The maximum Gasteiger partial charge on any atom is 0.247 e. The van der Waals surface area contributed by atoms with Gasteiger partial charge in [-0.15, -0.1) is 10.2 Å². The minimum Gasteiger partial charge on any atom is -0.494 e. The van der Waals surface area contributed by atoms with Crippen molar-refractivity contribution < 1.29 is 14.3 Å². The van der Waals surface area contributed by atoms with Gasteiger partial charge in [0.05, 0.1) is 12.3 Å². The van der Waals surface area contributed by atoms with Gasteiger partial charge in [-0.05, 0) is 55.1 Å². The number of carbonyl (C=O) groups excluding carboxylic acids is 1. The number of hydrogen-bond acceptors (Lipinski definition) is 7. The molecule has 1 atom stereocenters. The number of benzene rings is 2. The Morgan fingerprint density at radius 1 is 1.19 bits per heavy atom. The third-order valence-electron chi connectivity index (χ3n) is 4.66. The molecule has 0 fully saturated rings. The SMILES string of the molecule is CCOc1ccc([C@@H]2Oc3nc(SCC)nnc3-c3cc(Cl)ccc3N2C(C)=O)cc1. The summed E-state index contributed by atoms with van der Waals surface area (Å²) in [5.41, 5.74) is 2.48. The van der Waals surface area contributed by atoms with E-state index in [1.54, 1.807) is 23.1 Å². The molecular weight excluding hydrogens is 436 g/mol. The highest BCUT2D eigenvalue weighted by Crippen LogP contribution is 2.44. The van der Waals surface area contributed by atoms with Crippen molar-refractivity contribution >= 4 is 35.0 Å². The number of ether oxygens (including phenoxy) is 2. The normalized spacial score (nSPS) is 14.8. The lowest BCUT2D eigenvalue weighted by Gasteiger charge is -2.30. The average molecular weight is 457 g/mol. The summed E-state index contributed by atoms with van der Waals surface area (Å²) in [7, 11) is 0. The van der Waals surface area contributed by atoms with Crippen LogP contribution < -0.4 is 14.4 Å². The maximum atomic E-state index is 12.8. The number of aromatic nitrogens is 3. The summed E-state index contributed by atoms with van der Waals surface area (Å²) in [6.45, 7) is 6.00. The van der Waals surface area contributed by atoms with E-state index in [0.717, 1.165) is 17.1 Å². The summed E-state index contributed by atoms with van der Waals surface area (Å²) >= 11 is 7.74. The topological polar surface area (TPSA) is 77.4 Å². The molecule has 3 aromatic rings. The van der Waals surface area contributed by atoms with Crippen LogP contribution in [0.5, 0.6) is 11.6 Å². The monoisotopic (exact) mass is 456 g/mol. The van der Waals surface area contributed by atoms with Crippen LogP contribution >= 0.6 is 23.4 Å². The zero-order chi connectivity index (χ0) is 22.0. The molecule has 1 amide bonds. The van der Waals surface area contributed by atoms with Crippen molar-refractivity contribution in [3.05, 3.63) is 53.1 Å². The molecule has 2 heterocycles. The highest BCUT2D eigenvalue weighted by atomic mass is 35.5. The van der Waals surface area contributed by atoms with E-state index in [1.807, 2.05) is 38.1 Å². The number of rotatable bonds is 5. The first-order chi connectivity index (χ1) is 15.0. The van der Waals surface area contributed by atoms with Crippen LogP contribution in [0, 0.1) is 0 Å².